The zero-order valence-electron chi connectivity index (χ0n) is 24.0. The van der Waals surface area contributed by atoms with Gasteiger partial charge in [-0.15, -0.1) is 11.3 Å². The molecule has 0 saturated heterocycles. The molecule has 1 aliphatic rings. The highest BCUT2D eigenvalue weighted by Crippen LogP contribution is 2.38. The van der Waals surface area contributed by atoms with E-state index in [0.717, 1.165) is 49.2 Å². The van der Waals surface area contributed by atoms with E-state index in [-0.39, 0.29) is 4.90 Å². The van der Waals surface area contributed by atoms with Crippen molar-refractivity contribution >= 4 is 38.2 Å². The number of nitrogens with one attached hydrogen (secondary N) is 1. The number of hydrogen-bond acceptors (Lipinski definition) is 7. The fourth-order valence-corrected chi connectivity index (χ4v) is 7.75. The van der Waals surface area contributed by atoms with E-state index in [9.17, 15) is 18.0 Å². The lowest BCUT2D eigenvalue weighted by Gasteiger charge is -2.27. The Kier molecular flexibility index (Phi) is 10.7. The fourth-order valence-electron chi connectivity index (χ4n) is 4.96. The van der Waals surface area contributed by atoms with Crippen molar-refractivity contribution in [2.45, 2.75) is 63.9 Å². The quantitative estimate of drug-likeness (QED) is 0.245. The average molecular weight is 598 g/mol. The first-order valence-electron chi connectivity index (χ1n) is 14.2. The maximum absolute atomic E-state index is 13.3. The van der Waals surface area contributed by atoms with Crippen LogP contribution in [0.4, 0.5) is 5.00 Å². The summed E-state index contributed by atoms with van der Waals surface area (Å²) in [6.45, 7) is 7.29. The second kappa shape index (κ2) is 14.2. The summed E-state index contributed by atoms with van der Waals surface area (Å²) in [5.74, 6) is -0.886. The van der Waals surface area contributed by atoms with E-state index in [4.69, 9.17) is 4.74 Å². The third-order valence-electron chi connectivity index (χ3n) is 7.28. The van der Waals surface area contributed by atoms with Gasteiger partial charge in [-0.1, -0.05) is 57.0 Å². The van der Waals surface area contributed by atoms with Crippen molar-refractivity contribution in [2.75, 3.05) is 32.1 Å². The molecule has 1 aromatic heterocycles. The Bertz CT molecular complexity index is 1430. The van der Waals surface area contributed by atoms with Crippen molar-refractivity contribution in [3.05, 3.63) is 81.7 Å². The van der Waals surface area contributed by atoms with Crippen LogP contribution in [0.3, 0.4) is 0 Å². The molecular weight excluding hydrogens is 558 g/mol. The molecule has 0 radical (unpaired) electrons. The second-order valence-corrected chi connectivity index (χ2v) is 13.3. The van der Waals surface area contributed by atoms with Gasteiger partial charge in [-0.05, 0) is 54.7 Å². The predicted octanol–water partition coefficient (Wildman–Crippen LogP) is 5.94. The van der Waals surface area contributed by atoms with Gasteiger partial charge in [-0.2, -0.15) is 4.31 Å². The molecule has 2 aromatic carbocycles. The Labute approximate surface area is 247 Å². The van der Waals surface area contributed by atoms with E-state index in [1.54, 1.807) is 0 Å². The van der Waals surface area contributed by atoms with Gasteiger partial charge in [-0.3, -0.25) is 9.69 Å². The smallest absolute Gasteiger partial charge is 0.341 e. The lowest BCUT2D eigenvalue weighted by atomic mass is 10.0. The van der Waals surface area contributed by atoms with E-state index in [2.05, 4.69) is 22.3 Å². The maximum Gasteiger partial charge on any atom is 0.341 e. The molecular formula is C31H39N3O5S2. The van der Waals surface area contributed by atoms with E-state index in [1.165, 1.54) is 52.6 Å². The zero-order chi connectivity index (χ0) is 29.4. The van der Waals surface area contributed by atoms with Crippen LogP contribution in [0.1, 0.15) is 76.3 Å². The van der Waals surface area contributed by atoms with Crippen LogP contribution in [-0.4, -0.2) is 56.2 Å². The highest BCUT2D eigenvalue weighted by Gasteiger charge is 2.30. The number of hydrogen-bond donors (Lipinski definition) is 1. The van der Waals surface area contributed by atoms with Crippen LogP contribution < -0.4 is 5.32 Å². The first-order valence-corrected chi connectivity index (χ1v) is 16.4. The fraction of sp³-hybridized carbons (Fsp3) is 0.419. The van der Waals surface area contributed by atoms with E-state index < -0.39 is 21.9 Å². The summed E-state index contributed by atoms with van der Waals surface area (Å²) in [6, 6.07) is 16.2. The summed E-state index contributed by atoms with van der Waals surface area (Å²) >= 11 is 1.39. The molecule has 1 N–H and O–H groups in total. The van der Waals surface area contributed by atoms with Gasteiger partial charge in [0.2, 0.25) is 10.0 Å². The summed E-state index contributed by atoms with van der Waals surface area (Å²) in [5, 5.41) is 3.36. The van der Waals surface area contributed by atoms with Crippen LogP contribution in [0.2, 0.25) is 0 Å². The molecule has 0 spiro atoms. The summed E-state index contributed by atoms with van der Waals surface area (Å²) < 4.78 is 33.2. The van der Waals surface area contributed by atoms with Gasteiger partial charge >= 0.3 is 5.97 Å². The van der Waals surface area contributed by atoms with Crippen LogP contribution in [-0.2, 0) is 34.3 Å². The molecule has 0 atom stereocenters. The minimum Gasteiger partial charge on any atom is -0.465 e. The van der Waals surface area contributed by atoms with Crippen molar-refractivity contribution in [3.63, 3.8) is 0 Å². The first kappa shape index (κ1) is 30.9. The van der Waals surface area contributed by atoms with E-state index in [0.29, 0.717) is 42.2 Å². The van der Waals surface area contributed by atoms with Crippen molar-refractivity contribution in [1.82, 2.24) is 9.21 Å². The van der Waals surface area contributed by atoms with Crippen molar-refractivity contribution in [1.29, 1.82) is 0 Å². The molecule has 4 rings (SSSR count). The highest BCUT2D eigenvalue weighted by atomic mass is 32.2. The topological polar surface area (TPSA) is 96.0 Å². The third kappa shape index (κ3) is 7.43. The number of amides is 1. The van der Waals surface area contributed by atoms with Crippen LogP contribution in [0.5, 0.6) is 0 Å². The Morgan fingerprint density at radius 2 is 1.66 bits per heavy atom. The molecule has 2 heterocycles. The molecule has 3 aromatic rings. The lowest BCUT2D eigenvalue weighted by molar-refractivity contribution is 0.0600. The summed E-state index contributed by atoms with van der Waals surface area (Å²) in [7, 11) is -2.32. The van der Waals surface area contributed by atoms with Crippen molar-refractivity contribution in [2.24, 2.45) is 0 Å². The lowest BCUT2D eigenvalue weighted by Crippen LogP contribution is -2.33. The van der Waals surface area contributed by atoms with Crippen molar-refractivity contribution in [3.8, 4) is 0 Å². The second-order valence-electron chi connectivity index (χ2n) is 10.2. The van der Waals surface area contributed by atoms with Gasteiger partial charge in [-0.25, -0.2) is 13.2 Å². The first-order chi connectivity index (χ1) is 19.8. The molecule has 1 aliphatic heterocycles. The average Bonchev–Trinajstić information content (AvgIpc) is 3.34. The minimum absolute atomic E-state index is 0.168. The van der Waals surface area contributed by atoms with E-state index in [1.807, 2.05) is 32.0 Å². The summed E-state index contributed by atoms with van der Waals surface area (Å²) in [6.07, 6.45) is 4.07. The zero-order valence-corrected chi connectivity index (χ0v) is 25.7. The number of carbonyl (C=O) groups excluding carboxylic acids is 2. The molecule has 8 nitrogen and oxygen atoms in total. The number of rotatable bonds is 13. The molecule has 0 saturated carbocycles. The molecule has 0 bridgehead atoms. The monoisotopic (exact) mass is 597 g/mol. The van der Waals surface area contributed by atoms with Crippen LogP contribution >= 0.6 is 11.3 Å². The van der Waals surface area contributed by atoms with Gasteiger partial charge in [0.15, 0.2) is 0 Å². The van der Waals surface area contributed by atoms with Gasteiger partial charge in [0, 0.05) is 43.2 Å². The number of carbonyl (C=O) groups is 2. The normalized spacial score (nSPS) is 13.7. The van der Waals surface area contributed by atoms with Gasteiger partial charge in [0.1, 0.15) is 5.00 Å². The predicted molar refractivity (Wildman–Crippen MR) is 163 cm³/mol. The van der Waals surface area contributed by atoms with E-state index >= 15 is 0 Å². The van der Waals surface area contributed by atoms with Gasteiger partial charge in [0.05, 0.1) is 17.6 Å². The Balaban J connectivity index is 1.51. The molecule has 41 heavy (non-hydrogen) atoms. The number of fused-ring (bicyclic) bond motifs is 1. The number of ether oxygens (including phenoxy) is 1. The van der Waals surface area contributed by atoms with Crippen LogP contribution in [0.25, 0.3) is 0 Å². The van der Waals surface area contributed by atoms with Crippen LogP contribution in [0, 0.1) is 0 Å². The Morgan fingerprint density at radius 1 is 1.00 bits per heavy atom. The summed E-state index contributed by atoms with van der Waals surface area (Å²) in [4.78, 5) is 29.5. The standard InChI is InChI=1S/C31H39N3O5S2/c1-4-6-18-34(19-7-5-2)41(37,38)25-15-13-24(14-16-25)29(35)32-30-28(31(36)39-3)26-17-20-33(22-27(26)40-30)21-23-11-9-8-10-12-23/h8-16H,4-7,17-22H2,1-3H3,(H,32,35). The largest absolute Gasteiger partial charge is 0.465 e. The molecule has 0 unspecified atom stereocenters. The highest BCUT2D eigenvalue weighted by molar-refractivity contribution is 7.89. The molecule has 1 amide bonds. The van der Waals surface area contributed by atoms with Gasteiger partial charge < -0.3 is 10.1 Å². The Hall–Kier alpha value is -3.05. The van der Waals surface area contributed by atoms with Gasteiger partial charge in [0.25, 0.3) is 5.91 Å². The molecule has 220 valence electrons. The number of methoxy groups -OCH3 is 1. The van der Waals surface area contributed by atoms with Crippen molar-refractivity contribution < 1.29 is 22.7 Å². The van der Waals surface area contributed by atoms with Crippen LogP contribution in [0.15, 0.2) is 59.5 Å². The molecule has 10 heteroatoms. The SMILES string of the molecule is CCCCN(CCCC)S(=O)(=O)c1ccc(C(=O)Nc2sc3c(c2C(=O)OC)CCN(Cc2ccccc2)C3)cc1. The molecule has 0 fully saturated rings. The number of anilines is 1. The third-order valence-corrected chi connectivity index (χ3v) is 10.3. The number of unbranched alkanes of at least 4 members (excludes halogenated alkanes) is 2. The minimum atomic E-state index is -3.66. The maximum atomic E-state index is 13.3. The number of sulfonamides is 1. The summed E-state index contributed by atoms with van der Waals surface area (Å²) in [5.41, 5.74) is 2.85. The Morgan fingerprint density at radius 3 is 2.27 bits per heavy atom. The number of benzene rings is 2. The number of esters is 1. The number of nitrogens with zero attached hydrogens (tertiary/aromatic N) is 2. The number of thiophene rings is 1. The molecule has 0 aliphatic carbocycles.